The number of carbonyl (C=O) groups is 3. The summed E-state index contributed by atoms with van der Waals surface area (Å²) in [5.74, 6) is -1.97. The van der Waals surface area contributed by atoms with Gasteiger partial charge < -0.3 is 0 Å². The van der Waals surface area contributed by atoms with E-state index in [1.54, 1.807) is 24.3 Å². The number of quaternary nitrogens is 1. The lowest BCUT2D eigenvalue weighted by Crippen LogP contribution is -3.12. The van der Waals surface area contributed by atoms with E-state index in [2.05, 4.69) is 0 Å². The van der Waals surface area contributed by atoms with Gasteiger partial charge in [0.1, 0.15) is 17.9 Å². The maximum Gasteiger partial charge on any atom is 0.244 e. The van der Waals surface area contributed by atoms with E-state index in [9.17, 15) is 14.4 Å². The van der Waals surface area contributed by atoms with Crippen molar-refractivity contribution in [2.24, 2.45) is 11.8 Å². The van der Waals surface area contributed by atoms with Gasteiger partial charge in [-0.2, -0.15) is 0 Å². The van der Waals surface area contributed by atoms with E-state index in [4.69, 9.17) is 11.6 Å². The van der Waals surface area contributed by atoms with E-state index in [1.807, 2.05) is 36.5 Å². The molecule has 0 aromatic heterocycles. The van der Waals surface area contributed by atoms with Gasteiger partial charge in [-0.1, -0.05) is 48.0 Å². The molecule has 5 atom stereocenters. The highest BCUT2D eigenvalue weighted by molar-refractivity contribution is 6.36. The minimum Gasteiger partial charge on any atom is -0.293 e. The quantitative estimate of drug-likeness (QED) is 0.794. The van der Waals surface area contributed by atoms with Gasteiger partial charge in [-0.3, -0.25) is 19.3 Å². The average molecular weight is 394 g/mol. The molecule has 2 aromatic rings. The number of anilines is 1. The van der Waals surface area contributed by atoms with Crippen LogP contribution in [0.15, 0.2) is 54.7 Å². The molecule has 3 aliphatic rings. The first-order chi connectivity index (χ1) is 13.5. The molecule has 0 aliphatic carbocycles. The molecule has 0 bridgehead atoms. The van der Waals surface area contributed by atoms with Crippen LogP contribution in [0.3, 0.4) is 0 Å². The van der Waals surface area contributed by atoms with Crippen molar-refractivity contribution >= 4 is 41.0 Å². The molecule has 140 valence electrons. The van der Waals surface area contributed by atoms with Crippen LogP contribution < -0.4 is 9.80 Å². The van der Waals surface area contributed by atoms with E-state index in [-0.39, 0.29) is 23.6 Å². The van der Waals surface area contributed by atoms with Gasteiger partial charge in [0.25, 0.3) is 0 Å². The smallest absolute Gasteiger partial charge is 0.244 e. The summed E-state index contributed by atoms with van der Waals surface area (Å²) in [6, 6.07) is 13.8. The number of para-hydroxylation sites is 1. The standard InChI is InChI=1S/C22H17ClN2O3/c1-12(26)19-17-18(20-14-7-3-2-6-13(14)10-11-24(19)20)22(28)25(21(17)27)16-9-5-4-8-15(16)23/h2-11,17-20H,1H3/p+1/t17-,18+,19-,20+/m1/s1. The lowest BCUT2D eigenvalue weighted by atomic mass is 9.84. The van der Waals surface area contributed by atoms with E-state index >= 15 is 0 Å². The average Bonchev–Trinajstić information content (AvgIpc) is 3.16. The first kappa shape index (κ1) is 17.3. The Bertz CT molecular complexity index is 1060. The third-order valence-electron chi connectivity index (χ3n) is 6.15. The molecular weight excluding hydrogens is 376 g/mol. The maximum atomic E-state index is 13.5. The number of amides is 2. The number of halogens is 1. The fourth-order valence-corrected chi connectivity index (χ4v) is 5.31. The molecule has 0 spiro atoms. The van der Waals surface area contributed by atoms with E-state index < -0.39 is 17.9 Å². The number of nitrogens with zero attached hydrogens (tertiary/aromatic N) is 1. The molecule has 5 nitrogen and oxygen atoms in total. The van der Waals surface area contributed by atoms with E-state index in [0.717, 1.165) is 16.0 Å². The van der Waals surface area contributed by atoms with Gasteiger partial charge in [0.15, 0.2) is 11.8 Å². The molecule has 28 heavy (non-hydrogen) atoms. The zero-order chi connectivity index (χ0) is 19.6. The van der Waals surface area contributed by atoms with Crippen LogP contribution in [0.5, 0.6) is 0 Å². The molecule has 3 aliphatic heterocycles. The van der Waals surface area contributed by atoms with Gasteiger partial charge in [0, 0.05) is 12.5 Å². The third-order valence-corrected chi connectivity index (χ3v) is 6.47. The molecule has 2 saturated heterocycles. The Labute approximate surface area is 167 Å². The second-order valence-electron chi connectivity index (χ2n) is 7.54. The summed E-state index contributed by atoms with van der Waals surface area (Å²) in [4.78, 5) is 41.5. The molecule has 2 amide bonds. The number of hydrogen-bond donors (Lipinski definition) is 1. The van der Waals surface area contributed by atoms with E-state index in [1.165, 1.54) is 11.8 Å². The predicted octanol–water partition coefficient (Wildman–Crippen LogP) is 2.03. The lowest BCUT2D eigenvalue weighted by molar-refractivity contribution is -0.884. The van der Waals surface area contributed by atoms with Crippen LogP contribution in [-0.4, -0.2) is 23.6 Å². The highest BCUT2D eigenvalue weighted by Gasteiger charge is 2.67. The number of hydrogen-bond acceptors (Lipinski definition) is 3. The normalized spacial score (nSPS) is 30.2. The van der Waals surface area contributed by atoms with Crippen molar-refractivity contribution in [2.75, 3.05) is 4.90 Å². The number of carbonyl (C=O) groups excluding carboxylic acids is 3. The van der Waals surface area contributed by atoms with Gasteiger partial charge in [0.05, 0.1) is 16.9 Å². The molecular formula is C22H18ClN2O3+. The number of fused-ring (bicyclic) bond motifs is 5. The van der Waals surface area contributed by atoms with Crippen molar-refractivity contribution in [3.05, 3.63) is 70.9 Å². The molecule has 6 heteroatoms. The Balaban J connectivity index is 1.67. The molecule has 5 rings (SSSR count). The zero-order valence-corrected chi connectivity index (χ0v) is 15.9. The summed E-state index contributed by atoms with van der Waals surface area (Å²) in [5, 5.41) is 0.344. The molecule has 0 radical (unpaired) electrons. The van der Waals surface area contributed by atoms with Crippen LogP contribution in [0.2, 0.25) is 5.02 Å². The minimum atomic E-state index is -0.683. The Morgan fingerprint density at radius 2 is 1.68 bits per heavy atom. The van der Waals surface area contributed by atoms with Crippen LogP contribution >= 0.6 is 11.6 Å². The molecule has 1 N–H and O–H groups in total. The van der Waals surface area contributed by atoms with Crippen LogP contribution in [0.25, 0.3) is 6.08 Å². The molecule has 3 heterocycles. The predicted molar refractivity (Wildman–Crippen MR) is 105 cm³/mol. The molecule has 2 aromatic carbocycles. The van der Waals surface area contributed by atoms with Gasteiger partial charge in [0.2, 0.25) is 11.8 Å². The number of imide groups is 1. The van der Waals surface area contributed by atoms with Crippen molar-refractivity contribution in [3.63, 3.8) is 0 Å². The number of benzene rings is 2. The highest BCUT2D eigenvalue weighted by Crippen LogP contribution is 2.45. The van der Waals surface area contributed by atoms with Crippen molar-refractivity contribution in [1.82, 2.24) is 0 Å². The SMILES string of the molecule is CC(=O)[C@@H]1[C@@H]2C(=O)N(c3ccccc3Cl)C(=O)[C@@H]2[C@@H]2c3ccccc3C=C[NH+]12. The van der Waals surface area contributed by atoms with Crippen molar-refractivity contribution in [1.29, 1.82) is 0 Å². The van der Waals surface area contributed by atoms with Crippen LogP contribution in [0.1, 0.15) is 24.1 Å². The summed E-state index contributed by atoms with van der Waals surface area (Å²) in [6.07, 6.45) is 3.90. The summed E-state index contributed by atoms with van der Waals surface area (Å²) in [7, 11) is 0. The molecule has 2 fully saturated rings. The summed E-state index contributed by atoms with van der Waals surface area (Å²) in [5.41, 5.74) is 2.41. The summed E-state index contributed by atoms with van der Waals surface area (Å²) in [6.45, 7) is 1.50. The van der Waals surface area contributed by atoms with Crippen LogP contribution in [0, 0.1) is 11.8 Å². The summed E-state index contributed by atoms with van der Waals surface area (Å²) < 4.78 is 0. The van der Waals surface area contributed by atoms with Crippen LogP contribution in [0.4, 0.5) is 5.69 Å². The topological polar surface area (TPSA) is 58.9 Å². The lowest BCUT2D eigenvalue weighted by Gasteiger charge is -2.30. The minimum absolute atomic E-state index is 0.0845. The van der Waals surface area contributed by atoms with Crippen LogP contribution in [-0.2, 0) is 14.4 Å². The van der Waals surface area contributed by atoms with Crippen molar-refractivity contribution in [3.8, 4) is 0 Å². The Hall–Kier alpha value is -2.76. The fraction of sp³-hybridized carbons (Fsp3) is 0.227. The maximum absolute atomic E-state index is 13.5. The fourth-order valence-electron chi connectivity index (χ4n) is 5.09. The second-order valence-corrected chi connectivity index (χ2v) is 7.95. The Kier molecular flexibility index (Phi) is 3.79. The number of Topliss-reactive ketones (excluding diaryl/α,β-unsaturated/α-hetero) is 1. The zero-order valence-electron chi connectivity index (χ0n) is 15.1. The van der Waals surface area contributed by atoms with Gasteiger partial charge >= 0.3 is 0 Å². The number of rotatable bonds is 2. The first-order valence-electron chi connectivity index (χ1n) is 9.27. The Morgan fingerprint density at radius 1 is 1.00 bits per heavy atom. The van der Waals surface area contributed by atoms with E-state index in [0.29, 0.717) is 10.7 Å². The van der Waals surface area contributed by atoms with Crippen molar-refractivity contribution < 1.29 is 19.3 Å². The molecule has 0 saturated carbocycles. The number of nitrogens with one attached hydrogen (secondary N) is 1. The Morgan fingerprint density at radius 3 is 2.43 bits per heavy atom. The molecule has 1 unspecified atom stereocenters. The third kappa shape index (κ3) is 2.20. The monoisotopic (exact) mass is 393 g/mol. The summed E-state index contributed by atoms with van der Waals surface area (Å²) >= 11 is 6.28. The van der Waals surface area contributed by atoms with Crippen molar-refractivity contribution in [2.45, 2.75) is 19.0 Å². The van der Waals surface area contributed by atoms with Gasteiger partial charge in [-0.15, -0.1) is 0 Å². The van der Waals surface area contributed by atoms with Gasteiger partial charge in [-0.05, 0) is 23.8 Å². The van der Waals surface area contributed by atoms with Gasteiger partial charge in [-0.25, -0.2) is 4.90 Å². The number of ketones is 1. The first-order valence-corrected chi connectivity index (χ1v) is 9.65. The second kappa shape index (κ2) is 6.12. The highest BCUT2D eigenvalue weighted by atomic mass is 35.5. The largest absolute Gasteiger partial charge is 0.293 e.